The molecule has 0 radical (unpaired) electrons. The predicted molar refractivity (Wildman–Crippen MR) is 73.9 cm³/mol. The number of carboxylic acid groups (broad SMARTS) is 1. The molecule has 0 saturated carbocycles. The van der Waals surface area contributed by atoms with Gasteiger partial charge in [0.2, 0.25) is 0 Å². The second-order valence-electron chi connectivity index (χ2n) is 3.62. The Morgan fingerprint density at radius 3 is 2.60 bits per heavy atom. The van der Waals surface area contributed by atoms with E-state index >= 15 is 0 Å². The highest BCUT2D eigenvalue weighted by molar-refractivity contribution is 9.10. The number of carbonyl (C=O) groups is 1. The Bertz CT molecular complexity index is 764. The molecule has 0 aliphatic rings. The topological polar surface area (TPSA) is 109 Å². The third-order valence-corrected chi connectivity index (χ3v) is 4.07. The molecule has 1 heterocycles. The van der Waals surface area contributed by atoms with Crippen LogP contribution in [0.15, 0.2) is 46.0 Å². The van der Waals surface area contributed by atoms with E-state index in [1.54, 1.807) is 12.1 Å². The van der Waals surface area contributed by atoms with Gasteiger partial charge in [0.15, 0.2) is 11.5 Å². The molecule has 0 saturated heterocycles. The fraction of sp³-hybridized carbons (Fsp3) is 0. The van der Waals surface area contributed by atoms with Crippen LogP contribution in [0.3, 0.4) is 0 Å². The number of nitrogens with zero attached hydrogens (tertiary/aromatic N) is 2. The third kappa shape index (κ3) is 3.11. The van der Waals surface area contributed by atoms with Crippen LogP contribution in [0.2, 0.25) is 0 Å². The Kier molecular flexibility index (Phi) is 4.00. The van der Waals surface area contributed by atoms with Crippen LogP contribution in [0.25, 0.3) is 0 Å². The number of rotatable bonds is 4. The highest BCUT2D eigenvalue weighted by Crippen LogP contribution is 2.19. The van der Waals surface area contributed by atoms with Crippen molar-refractivity contribution in [1.29, 1.82) is 0 Å². The molecule has 0 unspecified atom stereocenters. The van der Waals surface area contributed by atoms with E-state index in [9.17, 15) is 13.2 Å². The van der Waals surface area contributed by atoms with E-state index in [-0.39, 0.29) is 10.7 Å². The fourth-order valence-corrected chi connectivity index (χ4v) is 3.00. The first-order chi connectivity index (χ1) is 9.40. The second-order valence-corrected chi connectivity index (χ2v) is 6.22. The monoisotopic (exact) mass is 357 g/mol. The Hall–Kier alpha value is -2.00. The molecule has 2 rings (SSSR count). The zero-order valence-electron chi connectivity index (χ0n) is 9.82. The molecule has 0 fully saturated rings. The Morgan fingerprint density at radius 2 is 1.95 bits per heavy atom. The molecule has 0 aliphatic carbocycles. The maximum absolute atomic E-state index is 12.1. The lowest BCUT2D eigenvalue weighted by Crippen LogP contribution is -2.17. The van der Waals surface area contributed by atoms with Gasteiger partial charge in [-0.15, -0.1) is 0 Å². The quantitative estimate of drug-likeness (QED) is 0.862. The number of halogens is 1. The molecule has 2 aromatic rings. The normalized spacial score (nSPS) is 11.1. The number of carboxylic acids is 1. The molecule has 0 bridgehead atoms. The number of aromatic nitrogens is 2. The van der Waals surface area contributed by atoms with Gasteiger partial charge in [0, 0.05) is 16.9 Å². The summed E-state index contributed by atoms with van der Waals surface area (Å²) in [5.74, 6) is -1.70. The third-order valence-electron chi connectivity index (χ3n) is 2.24. The largest absolute Gasteiger partial charge is 0.476 e. The fourth-order valence-electron chi connectivity index (χ4n) is 1.39. The lowest BCUT2D eigenvalue weighted by atomic mass is 10.4. The maximum Gasteiger partial charge on any atom is 0.358 e. The van der Waals surface area contributed by atoms with Gasteiger partial charge < -0.3 is 5.11 Å². The lowest BCUT2D eigenvalue weighted by molar-refractivity contribution is 0.0691. The van der Waals surface area contributed by atoms with Gasteiger partial charge in [0.05, 0.1) is 4.90 Å². The van der Waals surface area contributed by atoms with Crippen LogP contribution in [0.4, 0.5) is 5.82 Å². The summed E-state index contributed by atoms with van der Waals surface area (Å²) in [6.45, 7) is 0. The Morgan fingerprint density at radius 1 is 1.25 bits per heavy atom. The first-order valence-electron chi connectivity index (χ1n) is 5.23. The molecule has 0 spiro atoms. The summed E-state index contributed by atoms with van der Waals surface area (Å²) < 4.78 is 27.0. The SMILES string of the molecule is O=C(O)c1nccnc1NS(=O)(=O)c1cccc(Br)c1. The number of nitrogens with one attached hydrogen (secondary N) is 1. The molecular formula is C11H8BrN3O4S. The molecule has 9 heteroatoms. The number of sulfonamides is 1. The molecule has 0 aliphatic heterocycles. The number of anilines is 1. The highest BCUT2D eigenvalue weighted by atomic mass is 79.9. The molecule has 0 amide bonds. The minimum absolute atomic E-state index is 0.0196. The molecule has 0 atom stereocenters. The zero-order valence-corrected chi connectivity index (χ0v) is 12.2. The van der Waals surface area contributed by atoms with Crippen molar-refractivity contribution in [3.8, 4) is 0 Å². The van der Waals surface area contributed by atoms with Crippen molar-refractivity contribution in [3.05, 3.63) is 46.8 Å². The van der Waals surface area contributed by atoms with E-state index in [1.807, 2.05) is 0 Å². The number of hydrogen-bond acceptors (Lipinski definition) is 5. The minimum atomic E-state index is -3.94. The van der Waals surface area contributed by atoms with Crippen LogP contribution >= 0.6 is 15.9 Å². The van der Waals surface area contributed by atoms with E-state index < -0.39 is 21.7 Å². The summed E-state index contributed by atoms with van der Waals surface area (Å²) in [5.41, 5.74) is -0.467. The van der Waals surface area contributed by atoms with Crippen LogP contribution in [0.1, 0.15) is 10.5 Å². The van der Waals surface area contributed by atoms with Gasteiger partial charge >= 0.3 is 5.97 Å². The van der Waals surface area contributed by atoms with E-state index in [0.29, 0.717) is 4.47 Å². The van der Waals surface area contributed by atoms with E-state index in [2.05, 4.69) is 30.6 Å². The van der Waals surface area contributed by atoms with Gasteiger partial charge in [-0.1, -0.05) is 22.0 Å². The summed E-state index contributed by atoms with van der Waals surface area (Å²) in [7, 11) is -3.94. The van der Waals surface area contributed by atoms with Crippen molar-refractivity contribution in [2.45, 2.75) is 4.90 Å². The average molecular weight is 358 g/mol. The summed E-state index contributed by atoms with van der Waals surface area (Å²) in [6, 6.07) is 5.99. The van der Waals surface area contributed by atoms with Crippen molar-refractivity contribution in [2.75, 3.05) is 4.72 Å². The predicted octanol–water partition coefficient (Wildman–Crippen LogP) is 1.74. The Balaban J connectivity index is 2.41. The Labute approximate surface area is 122 Å². The molecule has 1 aromatic heterocycles. The van der Waals surface area contributed by atoms with Gasteiger partial charge in [0.25, 0.3) is 10.0 Å². The summed E-state index contributed by atoms with van der Waals surface area (Å²) >= 11 is 3.16. The van der Waals surface area contributed by atoms with Crippen molar-refractivity contribution in [2.24, 2.45) is 0 Å². The number of hydrogen-bond donors (Lipinski definition) is 2. The number of benzene rings is 1. The maximum atomic E-state index is 12.1. The zero-order chi connectivity index (χ0) is 14.8. The van der Waals surface area contributed by atoms with Crippen molar-refractivity contribution >= 4 is 37.7 Å². The van der Waals surface area contributed by atoms with Gasteiger partial charge in [-0.2, -0.15) is 0 Å². The molecule has 20 heavy (non-hydrogen) atoms. The summed E-state index contributed by atoms with van der Waals surface area (Å²) in [5, 5.41) is 8.93. The second kappa shape index (κ2) is 5.55. The van der Waals surface area contributed by atoms with E-state index in [1.165, 1.54) is 24.5 Å². The van der Waals surface area contributed by atoms with Crippen LogP contribution in [0, 0.1) is 0 Å². The minimum Gasteiger partial charge on any atom is -0.476 e. The van der Waals surface area contributed by atoms with Gasteiger partial charge in [-0.3, -0.25) is 4.72 Å². The molecule has 104 valence electrons. The molecular weight excluding hydrogens is 350 g/mol. The van der Waals surface area contributed by atoms with Crippen LogP contribution < -0.4 is 4.72 Å². The van der Waals surface area contributed by atoms with Gasteiger partial charge in [-0.25, -0.2) is 23.2 Å². The van der Waals surface area contributed by atoms with Crippen LogP contribution in [-0.2, 0) is 10.0 Å². The van der Waals surface area contributed by atoms with Crippen molar-refractivity contribution < 1.29 is 18.3 Å². The smallest absolute Gasteiger partial charge is 0.358 e. The first-order valence-corrected chi connectivity index (χ1v) is 7.50. The molecule has 2 N–H and O–H groups in total. The van der Waals surface area contributed by atoms with Crippen molar-refractivity contribution in [3.63, 3.8) is 0 Å². The van der Waals surface area contributed by atoms with E-state index in [0.717, 1.165) is 0 Å². The van der Waals surface area contributed by atoms with Gasteiger partial charge in [-0.05, 0) is 18.2 Å². The van der Waals surface area contributed by atoms with Gasteiger partial charge in [0.1, 0.15) is 0 Å². The van der Waals surface area contributed by atoms with Crippen molar-refractivity contribution in [1.82, 2.24) is 9.97 Å². The first kappa shape index (κ1) is 14.4. The summed E-state index contributed by atoms with van der Waals surface area (Å²) in [4.78, 5) is 18.2. The van der Waals surface area contributed by atoms with E-state index in [4.69, 9.17) is 5.11 Å². The molecule has 7 nitrogen and oxygen atoms in total. The highest BCUT2D eigenvalue weighted by Gasteiger charge is 2.20. The average Bonchev–Trinajstić information content (AvgIpc) is 2.38. The van der Waals surface area contributed by atoms with Crippen LogP contribution in [0.5, 0.6) is 0 Å². The molecule has 1 aromatic carbocycles. The standard InChI is InChI=1S/C11H8BrN3O4S/c12-7-2-1-3-8(6-7)20(18,19)15-10-9(11(16)17)13-4-5-14-10/h1-6H,(H,14,15)(H,16,17). The lowest BCUT2D eigenvalue weighted by Gasteiger charge is -2.08. The summed E-state index contributed by atoms with van der Waals surface area (Å²) in [6.07, 6.45) is 2.37. The van der Waals surface area contributed by atoms with Crippen LogP contribution in [-0.4, -0.2) is 29.5 Å². The number of aromatic carboxylic acids is 1.